The summed E-state index contributed by atoms with van der Waals surface area (Å²) in [5, 5.41) is 2.65. The first-order valence-corrected chi connectivity index (χ1v) is 9.11. The summed E-state index contributed by atoms with van der Waals surface area (Å²) in [6, 6.07) is 13.7. The lowest BCUT2D eigenvalue weighted by Gasteiger charge is -2.11. The molecule has 27 heavy (non-hydrogen) atoms. The van der Waals surface area contributed by atoms with Crippen LogP contribution in [0.25, 0.3) is 0 Å². The van der Waals surface area contributed by atoms with Crippen LogP contribution in [0, 0.1) is 0 Å². The Bertz CT molecular complexity index is 739. The summed E-state index contributed by atoms with van der Waals surface area (Å²) in [5.74, 6) is -0.255. The largest absolute Gasteiger partial charge is 0.573 e. The van der Waals surface area contributed by atoms with Gasteiger partial charge >= 0.3 is 12.5 Å². The first kappa shape index (κ1) is 21.1. The fraction of sp³-hybridized carbons (Fsp3) is 0.316. The van der Waals surface area contributed by atoms with Crippen LogP contribution in [0.3, 0.4) is 0 Å². The highest BCUT2D eigenvalue weighted by Crippen LogP contribution is 2.27. The van der Waals surface area contributed by atoms with Crippen LogP contribution in [0.15, 0.2) is 53.0 Å². The summed E-state index contributed by atoms with van der Waals surface area (Å²) in [4.78, 5) is 11.6. The van der Waals surface area contributed by atoms with Gasteiger partial charge in [-0.15, -0.1) is 13.2 Å². The average Bonchev–Trinajstić information content (AvgIpc) is 2.58. The van der Waals surface area contributed by atoms with Gasteiger partial charge in [-0.3, -0.25) is 0 Å². The molecule has 2 aromatic carbocycles. The molecule has 2 aromatic rings. The summed E-state index contributed by atoms with van der Waals surface area (Å²) in [7, 11) is 0. The SMILES string of the molecule is O=C(NCCCCc1cc(Br)cc(OC(F)(F)F)c1)OCc1ccccc1. The van der Waals surface area contributed by atoms with Crippen LogP contribution in [-0.4, -0.2) is 19.0 Å². The lowest BCUT2D eigenvalue weighted by atomic mass is 10.1. The Morgan fingerprint density at radius 2 is 1.78 bits per heavy atom. The predicted octanol–water partition coefficient (Wildman–Crippen LogP) is 5.60. The van der Waals surface area contributed by atoms with Crippen LogP contribution in [0.1, 0.15) is 24.0 Å². The Kier molecular flexibility index (Phi) is 7.97. The van der Waals surface area contributed by atoms with Crippen molar-refractivity contribution in [3.63, 3.8) is 0 Å². The number of unbranched alkanes of at least 4 members (excludes halogenated alkanes) is 1. The molecule has 0 bridgehead atoms. The second-order valence-corrected chi connectivity index (χ2v) is 6.70. The van der Waals surface area contributed by atoms with Crippen molar-refractivity contribution < 1.29 is 27.4 Å². The van der Waals surface area contributed by atoms with E-state index in [-0.39, 0.29) is 12.4 Å². The maximum absolute atomic E-state index is 12.3. The molecule has 0 aromatic heterocycles. The number of carbonyl (C=O) groups excluding carboxylic acids is 1. The first-order chi connectivity index (χ1) is 12.8. The highest BCUT2D eigenvalue weighted by Gasteiger charge is 2.31. The van der Waals surface area contributed by atoms with E-state index in [1.54, 1.807) is 6.07 Å². The monoisotopic (exact) mass is 445 g/mol. The minimum atomic E-state index is -4.72. The van der Waals surface area contributed by atoms with Gasteiger partial charge in [-0.1, -0.05) is 46.3 Å². The smallest absolute Gasteiger partial charge is 0.445 e. The fourth-order valence-electron chi connectivity index (χ4n) is 2.38. The maximum Gasteiger partial charge on any atom is 0.573 e. The summed E-state index contributed by atoms with van der Waals surface area (Å²) in [6.45, 7) is 0.625. The molecule has 1 N–H and O–H groups in total. The van der Waals surface area contributed by atoms with Crippen LogP contribution in [0.5, 0.6) is 5.75 Å². The molecule has 0 saturated carbocycles. The Morgan fingerprint density at radius 3 is 2.48 bits per heavy atom. The number of nitrogens with one attached hydrogen (secondary N) is 1. The van der Waals surface area contributed by atoms with Crippen molar-refractivity contribution >= 4 is 22.0 Å². The number of benzene rings is 2. The molecule has 4 nitrogen and oxygen atoms in total. The first-order valence-electron chi connectivity index (χ1n) is 8.31. The van der Waals surface area contributed by atoms with Crippen LogP contribution >= 0.6 is 15.9 Å². The van der Waals surface area contributed by atoms with Crippen molar-refractivity contribution in [2.75, 3.05) is 6.54 Å². The van der Waals surface area contributed by atoms with E-state index in [9.17, 15) is 18.0 Å². The minimum absolute atomic E-state index is 0.201. The lowest BCUT2D eigenvalue weighted by molar-refractivity contribution is -0.274. The molecular weight excluding hydrogens is 427 g/mol. The number of aryl methyl sites for hydroxylation is 1. The summed E-state index contributed by atoms with van der Waals surface area (Å²) >= 11 is 3.18. The van der Waals surface area contributed by atoms with Gasteiger partial charge in [0.05, 0.1) is 0 Å². The van der Waals surface area contributed by atoms with E-state index in [2.05, 4.69) is 26.0 Å². The Hall–Kier alpha value is -2.22. The molecule has 8 heteroatoms. The standard InChI is InChI=1S/C19H19BrF3NO3/c20-16-10-15(11-17(12-16)27-19(21,22)23)8-4-5-9-24-18(25)26-13-14-6-2-1-3-7-14/h1-3,6-7,10-12H,4-5,8-9,13H2,(H,24,25). The van der Waals surface area contributed by atoms with Crippen molar-refractivity contribution in [2.24, 2.45) is 0 Å². The van der Waals surface area contributed by atoms with E-state index in [0.29, 0.717) is 30.3 Å². The number of rotatable bonds is 8. The molecule has 0 fully saturated rings. The van der Waals surface area contributed by atoms with Gasteiger partial charge in [0.2, 0.25) is 0 Å². The lowest BCUT2D eigenvalue weighted by Crippen LogP contribution is -2.25. The summed E-state index contributed by atoms with van der Waals surface area (Å²) in [5.41, 5.74) is 1.62. The average molecular weight is 446 g/mol. The molecule has 1 amide bonds. The molecule has 0 radical (unpaired) electrons. The third-order valence-corrected chi connectivity index (χ3v) is 4.00. The zero-order chi connectivity index (χ0) is 19.7. The quantitative estimate of drug-likeness (QED) is 0.538. The van der Waals surface area contributed by atoms with Gasteiger partial charge in [-0.25, -0.2) is 4.79 Å². The van der Waals surface area contributed by atoms with E-state index < -0.39 is 12.5 Å². The topological polar surface area (TPSA) is 47.6 Å². The highest BCUT2D eigenvalue weighted by molar-refractivity contribution is 9.10. The van der Waals surface area contributed by atoms with Gasteiger partial charge in [0, 0.05) is 11.0 Å². The molecule has 0 atom stereocenters. The third-order valence-electron chi connectivity index (χ3n) is 3.54. The van der Waals surface area contributed by atoms with Crippen molar-refractivity contribution in [3.05, 3.63) is 64.1 Å². The Morgan fingerprint density at radius 1 is 1.04 bits per heavy atom. The molecule has 0 unspecified atom stereocenters. The normalized spacial score (nSPS) is 11.1. The van der Waals surface area contributed by atoms with Crippen LogP contribution in [0.4, 0.5) is 18.0 Å². The van der Waals surface area contributed by atoms with Crippen LogP contribution in [0.2, 0.25) is 0 Å². The van der Waals surface area contributed by atoms with E-state index in [4.69, 9.17) is 4.74 Å². The zero-order valence-electron chi connectivity index (χ0n) is 14.4. The second-order valence-electron chi connectivity index (χ2n) is 5.79. The van der Waals surface area contributed by atoms with E-state index in [0.717, 1.165) is 11.1 Å². The van der Waals surface area contributed by atoms with E-state index in [1.165, 1.54) is 12.1 Å². The number of carbonyl (C=O) groups is 1. The van der Waals surface area contributed by atoms with E-state index in [1.807, 2.05) is 30.3 Å². The van der Waals surface area contributed by atoms with Gasteiger partial charge in [0.15, 0.2) is 0 Å². The number of alkyl carbamates (subject to hydrolysis) is 1. The van der Waals surface area contributed by atoms with Crippen LogP contribution in [-0.2, 0) is 17.8 Å². The van der Waals surface area contributed by atoms with Gasteiger partial charge < -0.3 is 14.8 Å². The second kappa shape index (κ2) is 10.2. The molecule has 0 saturated heterocycles. The molecule has 0 aliphatic rings. The fourth-order valence-corrected chi connectivity index (χ4v) is 2.90. The van der Waals surface area contributed by atoms with Gasteiger partial charge in [0.25, 0.3) is 0 Å². The number of amides is 1. The van der Waals surface area contributed by atoms with Crippen LogP contribution < -0.4 is 10.1 Å². The Balaban J connectivity index is 1.67. The highest BCUT2D eigenvalue weighted by atomic mass is 79.9. The molecular formula is C19H19BrF3NO3. The van der Waals surface area contributed by atoms with Gasteiger partial charge in [-0.05, 0) is 48.6 Å². The van der Waals surface area contributed by atoms with Crippen molar-refractivity contribution in [2.45, 2.75) is 32.2 Å². The summed E-state index contributed by atoms with van der Waals surface area (Å²) in [6.07, 6.45) is -3.29. The number of hydrogen-bond acceptors (Lipinski definition) is 3. The number of ether oxygens (including phenoxy) is 2. The molecule has 146 valence electrons. The molecule has 2 rings (SSSR count). The van der Waals surface area contributed by atoms with E-state index >= 15 is 0 Å². The van der Waals surface area contributed by atoms with Crippen molar-refractivity contribution in [1.82, 2.24) is 5.32 Å². The minimum Gasteiger partial charge on any atom is -0.445 e. The molecule has 0 heterocycles. The predicted molar refractivity (Wildman–Crippen MR) is 98.4 cm³/mol. The van der Waals surface area contributed by atoms with Crippen molar-refractivity contribution in [3.8, 4) is 5.75 Å². The van der Waals surface area contributed by atoms with Gasteiger partial charge in [-0.2, -0.15) is 0 Å². The Labute approximate surface area is 163 Å². The maximum atomic E-state index is 12.3. The number of hydrogen-bond donors (Lipinski definition) is 1. The number of alkyl halides is 3. The molecule has 0 spiro atoms. The molecule has 0 aliphatic carbocycles. The number of halogens is 4. The molecule has 0 aliphatic heterocycles. The van der Waals surface area contributed by atoms with Gasteiger partial charge in [0.1, 0.15) is 12.4 Å². The summed E-state index contributed by atoms with van der Waals surface area (Å²) < 4.78 is 46.5. The zero-order valence-corrected chi connectivity index (χ0v) is 16.0. The third kappa shape index (κ3) is 8.81. The van der Waals surface area contributed by atoms with Crippen molar-refractivity contribution in [1.29, 1.82) is 0 Å².